The molecule has 29 heavy (non-hydrogen) atoms. The number of carbonyl (C=O) groups is 2. The monoisotopic (exact) mass is 440 g/mol. The first-order valence-electron chi connectivity index (χ1n) is 9.50. The number of rotatable bonds is 7. The summed E-state index contributed by atoms with van der Waals surface area (Å²) < 4.78 is 35.7. The second-order valence-electron chi connectivity index (χ2n) is 7.28. The lowest BCUT2D eigenvalue weighted by atomic mass is 9.94. The zero-order valence-corrected chi connectivity index (χ0v) is 17.9. The van der Waals surface area contributed by atoms with Crippen molar-refractivity contribution in [1.29, 1.82) is 0 Å². The summed E-state index contributed by atoms with van der Waals surface area (Å²) in [6.07, 6.45) is 1.30. The van der Waals surface area contributed by atoms with Crippen molar-refractivity contribution in [1.82, 2.24) is 9.62 Å². The molecule has 158 valence electrons. The highest BCUT2D eigenvalue weighted by atomic mass is 32.2. The minimum Gasteiger partial charge on any atom is -0.480 e. The predicted molar refractivity (Wildman–Crippen MR) is 108 cm³/mol. The van der Waals surface area contributed by atoms with Crippen LogP contribution in [0.25, 0.3) is 0 Å². The van der Waals surface area contributed by atoms with Crippen molar-refractivity contribution in [2.45, 2.75) is 44.0 Å². The average Bonchev–Trinajstić information content (AvgIpc) is 3.19. The highest BCUT2D eigenvalue weighted by Crippen LogP contribution is 2.39. The summed E-state index contributed by atoms with van der Waals surface area (Å²) in [5, 5.41) is 12.0. The standard InChI is InChI=1S/C18H24N4O5S2/c1-3-11(2)15(18(24)25)19-17(23)12-7-9-22(10-8-12)29(26,27)14-6-4-5-13-16(14)21-28-20-13/h4-6,11-12,15H,3,7-10H2,1-2H3,(H,19,23)(H,24,25)/t11-,15-/m1/s1. The molecule has 1 fully saturated rings. The molecule has 0 spiro atoms. The number of piperidine rings is 1. The predicted octanol–water partition coefficient (Wildman–Crippen LogP) is 2.43. The van der Waals surface area contributed by atoms with Crippen molar-refractivity contribution in [2.75, 3.05) is 13.1 Å². The summed E-state index contributed by atoms with van der Waals surface area (Å²) in [6.45, 7) is 4.03. The molecule has 11 heteroatoms. The first kappa shape index (κ1) is 21.6. The number of benzene rings is 1. The minimum absolute atomic E-state index is 0.120. The lowest BCUT2D eigenvalue weighted by molar-refractivity contribution is -0.144. The number of hydrogen-bond donors (Lipinski definition) is 2. The highest BCUT2D eigenvalue weighted by molar-refractivity contribution is 7.89. The van der Waals surface area contributed by atoms with Crippen LogP contribution in [0.2, 0.25) is 0 Å². The number of aliphatic carboxylic acids is 1. The third-order valence-corrected chi connectivity index (χ3v) is 7.94. The molecule has 0 unspecified atom stereocenters. The van der Waals surface area contributed by atoms with E-state index >= 15 is 0 Å². The van der Waals surface area contributed by atoms with Crippen LogP contribution in [0.3, 0.4) is 0 Å². The van der Waals surface area contributed by atoms with Gasteiger partial charge in [0.2, 0.25) is 15.9 Å². The topological polar surface area (TPSA) is 128 Å². The van der Waals surface area contributed by atoms with Gasteiger partial charge in [-0.3, -0.25) is 4.79 Å². The molecule has 1 aromatic rings. The van der Waals surface area contributed by atoms with Gasteiger partial charge < -0.3 is 10.4 Å². The third kappa shape index (κ3) is 4.41. The first-order chi connectivity index (χ1) is 13.8. The van der Waals surface area contributed by atoms with Crippen LogP contribution in [0.1, 0.15) is 33.1 Å². The van der Waals surface area contributed by atoms with Crippen molar-refractivity contribution in [3.63, 3.8) is 0 Å². The van der Waals surface area contributed by atoms with Crippen molar-refractivity contribution in [3.8, 4) is 0 Å². The van der Waals surface area contributed by atoms with Gasteiger partial charge in [0.05, 0.1) is 11.4 Å². The van der Waals surface area contributed by atoms with Gasteiger partial charge in [-0.25, -0.2) is 13.2 Å². The lowest BCUT2D eigenvalue weighted by Gasteiger charge is -2.31. The van der Waals surface area contributed by atoms with Crippen LogP contribution >= 0.6 is 0 Å². The molecule has 0 radical (unpaired) electrons. The Bertz CT molecular complexity index is 980. The van der Waals surface area contributed by atoms with E-state index in [9.17, 15) is 23.1 Å². The van der Waals surface area contributed by atoms with E-state index in [0.717, 1.165) is 11.4 Å². The molecule has 2 N–H and O–H groups in total. The van der Waals surface area contributed by atoms with E-state index in [-0.39, 0.29) is 29.8 Å². The fourth-order valence-electron chi connectivity index (χ4n) is 3.44. The van der Waals surface area contributed by atoms with E-state index < -0.39 is 28.0 Å². The van der Waals surface area contributed by atoms with Crippen LogP contribution in [0, 0.1) is 11.8 Å². The largest absolute Gasteiger partial charge is 0.480 e. The molecular weight excluding hydrogens is 416 g/mol. The van der Waals surface area contributed by atoms with Gasteiger partial charge in [0.1, 0.15) is 22.3 Å². The third-order valence-electron chi connectivity index (χ3n) is 5.47. The van der Waals surface area contributed by atoms with Crippen molar-refractivity contribution in [2.24, 2.45) is 20.6 Å². The van der Waals surface area contributed by atoms with Gasteiger partial charge in [0, 0.05) is 19.0 Å². The van der Waals surface area contributed by atoms with E-state index in [1.807, 2.05) is 6.92 Å². The molecule has 0 aliphatic carbocycles. The van der Waals surface area contributed by atoms with Gasteiger partial charge in [-0.15, -0.1) is 0 Å². The Morgan fingerprint density at radius 3 is 2.62 bits per heavy atom. The van der Waals surface area contributed by atoms with E-state index in [0.29, 0.717) is 30.6 Å². The molecule has 0 aromatic heterocycles. The van der Waals surface area contributed by atoms with Gasteiger partial charge in [-0.1, -0.05) is 26.3 Å². The SMILES string of the molecule is CC[C@@H](C)[C@@H](NC(=O)C1CCN(S(=O)(=O)c2cccc3c2N=S=N3)CC1)C(=O)O. The molecule has 3 rings (SSSR count). The summed E-state index contributed by atoms with van der Waals surface area (Å²) in [5.41, 5.74) is 0.894. The van der Waals surface area contributed by atoms with Crippen LogP contribution < -0.4 is 5.32 Å². The number of hydrogen-bond acceptors (Lipinski definition) is 6. The zero-order valence-electron chi connectivity index (χ0n) is 16.2. The quantitative estimate of drug-likeness (QED) is 0.683. The van der Waals surface area contributed by atoms with E-state index in [2.05, 4.69) is 14.0 Å². The van der Waals surface area contributed by atoms with Crippen molar-refractivity contribution >= 4 is 44.6 Å². The van der Waals surface area contributed by atoms with Gasteiger partial charge >= 0.3 is 5.97 Å². The highest BCUT2D eigenvalue weighted by Gasteiger charge is 2.35. The lowest BCUT2D eigenvalue weighted by Crippen LogP contribution is -2.49. The van der Waals surface area contributed by atoms with Crippen LogP contribution in [-0.2, 0) is 31.0 Å². The summed E-state index contributed by atoms with van der Waals surface area (Å²) in [5.74, 6) is -1.99. The number of carboxylic acid groups (broad SMARTS) is 1. The number of carbonyl (C=O) groups excluding carboxylic acids is 1. The number of amides is 1. The maximum absolute atomic E-state index is 13.1. The first-order valence-corrected chi connectivity index (χ1v) is 11.7. The van der Waals surface area contributed by atoms with Gasteiger partial charge in [-0.05, 0) is 30.9 Å². The Morgan fingerprint density at radius 2 is 2.00 bits per heavy atom. The number of nitrogens with one attached hydrogen (secondary N) is 1. The normalized spacial score (nSPS) is 19.2. The van der Waals surface area contributed by atoms with E-state index in [1.165, 1.54) is 10.4 Å². The number of nitrogens with zero attached hydrogens (tertiary/aromatic N) is 3. The molecule has 1 amide bonds. The average molecular weight is 441 g/mol. The number of sulfonamides is 1. The molecule has 1 saturated heterocycles. The second kappa shape index (κ2) is 8.72. The molecule has 9 nitrogen and oxygen atoms in total. The molecular formula is C18H24N4O5S2. The molecule has 2 atom stereocenters. The fraction of sp³-hybridized carbons (Fsp3) is 0.556. The Labute approximate surface area is 173 Å². The maximum atomic E-state index is 13.1. The van der Waals surface area contributed by atoms with Crippen molar-refractivity contribution in [3.05, 3.63) is 18.2 Å². The Hall–Kier alpha value is -2.11. The molecule has 1 aromatic carbocycles. The fourth-order valence-corrected chi connectivity index (χ4v) is 5.66. The molecule has 0 saturated carbocycles. The van der Waals surface area contributed by atoms with Crippen LogP contribution in [0.15, 0.2) is 31.8 Å². The van der Waals surface area contributed by atoms with Crippen LogP contribution in [-0.4, -0.2) is 48.8 Å². The van der Waals surface area contributed by atoms with Gasteiger partial charge in [-0.2, -0.15) is 13.0 Å². The van der Waals surface area contributed by atoms with E-state index in [4.69, 9.17) is 0 Å². The Morgan fingerprint density at radius 1 is 1.31 bits per heavy atom. The smallest absolute Gasteiger partial charge is 0.326 e. The second-order valence-corrected chi connectivity index (χ2v) is 9.71. The Kier molecular flexibility index (Phi) is 6.49. The van der Waals surface area contributed by atoms with Crippen molar-refractivity contribution < 1.29 is 23.1 Å². The molecule has 2 aliphatic heterocycles. The Balaban J connectivity index is 1.66. The van der Waals surface area contributed by atoms with Gasteiger partial charge in [0.15, 0.2) is 0 Å². The van der Waals surface area contributed by atoms with Crippen LogP contribution in [0.5, 0.6) is 0 Å². The van der Waals surface area contributed by atoms with Crippen LogP contribution in [0.4, 0.5) is 11.4 Å². The van der Waals surface area contributed by atoms with Gasteiger partial charge in [0.25, 0.3) is 0 Å². The summed E-state index contributed by atoms with van der Waals surface area (Å²) in [6, 6.07) is 3.92. The number of carboxylic acids is 1. The summed E-state index contributed by atoms with van der Waals surface area (Å²) in [4.78, 5) is 24.1. The number of fused-ring (bicyclic) bond motifs is 1. The molecule has 2 heterocycles. The molecule has 0 bridgehead atoms. The van der Waals surface area contributed by atoms with E-state index in [1.54, 1.807) is 19.1 Å². The zero-order chi connectivity index (χ0) is 21.2. The maximum Gasteiger partial charge on any atom is 0.326 e. The summed E-state index contributed by atoms with van der Waals surface area (Å²) in [7, 11) is -3.75. The summed E-state index contributed by atoms with van der Waals surface area (Å²) >= 11 is 0.962. The minimum atomic E-state index is -3.75. The molecule has 2 aliphatic rings.